The average Bonchev–Trinajstić information content (AvgIpc) is 3.25. The summed E-state index contributed by atoms with van der Waals surface area (Å²) in [5.74, 6) is 0.906. The van der Waals surface area contributed by atoms with Gasteiger partial charge in [-0.25, -0.2) is 5.01 Å². The van der Waals surface area contributed by atoms with E-state index in [1.165, 1.54) is 23.3 Å². The second-order valence-electron chi connectivity index (χ2n) is 8.02. The number of rotatable bonds is 9. The van der Waals surface area contributed by atoms with Gasteiger partial charge in [0, 0.05) is 10.5 Å². The first-order chi connectivity index (χ1) is 17.3. The molecular formula is C29H35FN2O3S. The largest absolute Gasteiger partial charge is 0.493 e. The van der Waals surface area contributed by atoms with E-state index in [0.29, 0.717) is 16.5 Å². The van der Waals surface area contributed by atoms with Gasteiger partial charge in [-0.3, -0.25) is 15.0 Å². The molecular weight excluding hydrogens is 475 g/mol. The Labute approximate surface area is 219 Å². The number of terminal acetylenes is 1. The number of allylic oxidation sites excluding steroid dienone is 1. The number of anilines is 1. The Balaban J connectivity index is 0.000000344. The highest BCUT2D eigenvalue weighted by molar-refractivity contribution is 7.94. The number of carbonyl (C=O) groups excluding carboxylic acids is 2. The number of hydrogen-bond acceptors (Lipinski definition) is 4. The van der Waals surface area contributed by atoms with E-state index in [1.807, 2.05) is 6.08 Å². The minimum absolute atomic E-state index is 0.131. The molecule has 1 N–H and O–H groups in total. The van der Waals surface area contributed by atoms with E-state index in [0.717, 1.165) is 35.8 Å². The molecule has 0 spiro atoms. The molecule has 0 aromatic heterocycles. The Bertz CT molecular complexity index is 1060. The Morgan fingerprint density at radius 3 is 2.33 bits per heavy atom. The lowest BCUT2D eigenvalue weighted by Crippen LogP contribution is -2.35. The molecule has 1 unspecified atom stereocenters. The van der Waals surface area contributed by atoms with Gasteiger partial charge in [-0.15, -0.1) is 12.8 Å². The SMILES string of the molecule is C#C.C=Cc1c(C)ccc(OCCC)c1/C=C\C(C)CC.O=C1CC(=O)N(c2ccc(SF)cc2)N1. The van der Waals surface area contributed by atoms with Crippen LogP contribution in [0.25, 0.3) is 12.2 Å². The molecule has 0 radical (unpaired) electrons. The van der Waals surface area contributed by atoms with Crippen molar-refractivity contribution in [2.24, 2.45) is 5.92 Å². The summed E-state index contributed by atoms with van der Waals surface area (Å²) in [7, 11) is 0. The molecule has 5 nitrogen and oxygen atoms in total. The number of hydrazine groups is 1. The number of nitrogens with one attached hydrogen (secondary N) is 1. The van der Waals surface area contributed by atoms with Gasteiger partial charge in [-0.05, 0) is 60.7 Å². The molecule has 0 aliphatic carbocycles. The van der Waals surface area contributed by atoms with E-state index in [-0.39, 0.29) is 30.4 Å². The van der Waals surface area contributed by atoms with E-state index in [2.05, 4.69) is 76.8 Å². The predicted octanol–water partition coefficient (Wildman–Crippen LogP) is 7.17. The number of carbonyl (C=O) groups is 2. The lowest BCUT2D eigenvalue weighted by molar-refractivity contribution is -0.122. The van der Waals surface area contributed by atoms with E-state index >= 15 is 0 Å². The Morgan fingerprint density at radius 1 is 1.17 bits per heavy atom. The summed E-state index contributed by atoms with van der Waals surface area (Å²) in [6, 6.07) is 10.4. The van der Waals surface area contributed by atoms with Gasteiger partial charge in [-0.1, -0.05) is 58.1 Å². The van der Waals surface area contributed by atoms with Crippen LogP contribution in [0.5, 0.6) is 5.75 Å². The van der Waals surface area contributed by atoms with Crippen LogP contribution in [0.1, 0.15) is 56.7 Å². The number of ether oxygens (including phenoxy) is 1. The van der Waals surface area contributed by atoms with Crippen LogP contribution in [0.2, 0.25) is 0 Å². The molecule has 0 bridgehead atoms. The van der Waals surface area contributed by atoms with E-state index < -0.39 is 0 Å². The molecule has 3 rings (SSSR count). The van der Waals surface area contributed by atoms with Crippen LogP contribution in [0.4, 0.5) is 9.57 Å². The third-order valence-corrected chi connectivity index (χ3v) is 5.80. The zero-order valence-corrected chi connectivity index (χ0v) is 22.2. The summed E-state index contributed by atoms with van der Waals surface area (Å²) >= 11 is 0.131. The van der Waals surface area contributed by atoms with Crippen LogP contribution >= 0.6 is 12.1 Å². The molecule has 192 valence electrons. The summed E-state index contributed by atoms with van der Waals surface area (Å²) in [5.41, 5.74) is 6.50. The van der Waals surface area contributed by atoms with Crippen LogP contribution < -0.4 is 15.2 Å². The van der Waals surface area contributed by atoms with Crippen molar-refractivity contribution >= 4 is 41.8 Å². The summed E-state index contributed by atoms with van der Waals surface area (Å²) in [4.78, 5) is 22.7. The van der Waals surface area contributed by atoms with Crippen molar-refractivity contribution in [3.63, 3.8) is 0 Å². The number of halogens is 1. The maximum atomic E-state index is 12.1. The van der Waals surface area contributed by atoms with Gasteiger partial charge in [0.2, 0.25) is 5.91 Å². The monoisotopic (exact) mass is 510 g/mol. The topological polar surface area (TPSA) is 58.6 Å². The Kier molecular flexibility index (Phi) is 13.8. The fourth-order valence-corrected chi connectivity index (χ4v) is 3.44. The second-order valence-corrected chi connectivity index (χ2v) is 8.64. The van der Waals surface area contributed by atoms with Crippen molar-refractivity contribution in [3.05, 3.63) is 65.7 Å². The molecule has 1 atom stereocenters. The van der Waals surface area contributed by atoms with Crippen LogP contribution in [0.3, 0.4) is 0 Å². The molecule has 2 aromatic carbocycles. The standard InChI is InChI=1S/C18H26O.C9H7FN2O2S.C2H2/c1-6-13-19-18-12-10-15(5)16(8-3)17(18)11-9-14(4)7-2;10-15-7-3-1-6(2-4-7)12-9(14)5-8(13)11-12;1-2/h8-12,14H,3,6-7,13H2,1-2,4-5H3;1-4H,5H2,(H,11,13);1-2H/b11-9-;;. The van der Waals surface area contributed by atoms with Crippen molar-refractivity contribution in [2.45, 2.75) is 51.9 Å². The van der Waals surface area contributed by atoms with Gasteiger partial charge >= 0.3 is 0 Å². The van der Waals surface area contributed by atoms with Crippen molar-refractivity contribution in [1.29, 1.82) is 0 Å². The van der Waals surface area contributed by atoms with Crippen molar-refractivity contribution < 1.29 is 18.2 Å². The highest BCUT2D eigenvalue weighted by Crippen LogP contribution is 2.29. The maximum absolute atomic E-state index is 12.1. The minimum atomic E-state index is -0.330. The molecule has 2 amide bonds. The third-order valence-electron chi connectivity index (χ3n) is 5.35. The number of nitrogens with zero attached hydrogens (tertiary/aromatic N) is 1. The maximum Gasteiger partial charge on any atom is 0.255 e. The van der Waals surface area contributed by atoms with Crippen molar-refractivity contribution in [3.8, 4) is 18.6 Å². The van der Waals surface area contributed by atoms with E-state index in [9.17, 15) is 13.5 Å². The summed E-state index contributed by atoms with van der Waals surface area (Å²) in [5, 5.41) is 1.16. The zero-order valence-electron chi connectivity index (χ0n) is 21.4. The Morgan fingerprint density at radius 2 is 1.83 bits per heavy atom. The molecule has 1 heterocycles. The normalized spacial score (nSPS) is 13.2. The van der Waals surface area contributed by atoms with Crippen molar-refractivity contribution in [1.82, 2.24) is 5.43 Å². The summed E-state index contributed by atoms with van der Waals surface area (Å²) in [6.45, 7) is 13.4. The van der Waals surface area contributed by atoms with Gasteiger partial charge in [0.05, 0.1) is 24.4 Å². The number of aryl methyl sites for hydroxylation is 1. The summed E-state index contributed by atoms with van der Waals surface area (Å²) < 4.78 is 18.0. The molecule has 0 saturated carbocycles. The molecule has 1 saturated heterocycles. The zero-order chi connectivity index (χ0) is 27.1. The molecule has 7 heteroatoms. The van der Waals surface area contributed by atoms with Crippen LogP contribution in [0.15, 0.2) is 53.9 Å². The van der Waals surface area contributed by atoms with E-state index in [1.54, 1.807) is 12.1 Å². The van der Waals surface area contributed by atoms with Crippen LogP contribution in [0, 0.1) is 25.7 Å². The molecule has 1 fully saturated rings. The van der Waals surface area contributed by atoms with Gasteiger partial charge in [0.15, 0.2) is 0 Å². The van der Waals surface area contributed by atoms with E-state index in [4.69, 9.17) is 4.74 Å². The first kappa shape index (κ1) is 30.5. The lowest BCUT2D eigenvalue weighted by atomic mass is 9.98. The highest BCUT2D eigenvalue weighted by Gasteiger charge is 2.27. The molecule has 36 heavy (non-hydrogen) atoms. The number of amides is 2. The van der Waals surface area contributed by atoms with Gasteiger partial charge in [0.25, 0.3) is 5.91 Å². The first-order valence-electron chi connectivity index (χ1n) is 11.8. The quantitative estimate of drug-likeness (QED) is 0.287. The van der Waals surface area contributed by atoms with Gasteiger partial charge < -0.3 is 4.74 Å². The number of benzene rings is 2. The van der Waals surface area contributed by atoms with Crippen LogP contribution in [-0.2, 0) is 9.59 Å². The Hall–Kier alpha value is -3.50. The molecule has 1 aliphatic heterocycles. The van der Waals surface area contributed by atoms with Crippen molar-refractivity contribution in [2.75, 3.05) is 11.6 Å². The third kappa shape index (κ3) is 8.94. The first-order valence-corrected chi connectivity index (χ1v) is 12.5. The van der Waals surface area contributed by atoms with Gasteiger partial charge in [0.1, 0.15) is 12.2 Å². The average molecular weight is 511 g/mol. The molecule has 2 aromatic rings. The van der Waals surface area contributed by atoms with Crippen LogP contribution in [-0.4, -0.2) is 18.4 Å². The van der Waals surface area contributed by atoms with Gasteiger partial charge in [-0.2, -0.15) is 3.89 Å². The molecule has 1 aliphatic rings. The highest BCUT2D eigenvalue weighted by atomic mass is 32.2. The number of hydrogen-bond donors (Lipinski definition) is 1. The predicted molar refractivity (Wildman–Crippen MR) is 149 cm³/mol. The minimum Gasteiger partial charge on any atom is -0.493 e. The fraction of sp³-hybridized carbons (Fsp3) is 0.310. The smallest absolute Gasteiger partial charge is 0.255 e. The lowest BCUT2D eigenvalue weighted by Gasteiger charge is -2.14. The summed E-state index contributed by atoms with van der Waals surface area (Å²) in [6.07, 6.45) is 16.4. The fourth-order valence-electron chi connectivity index (χ4n) is 3.20. The second kappa shape index (κ2) is 16.2.